The zero-order valence-corrected chi connectivity index (χ0v) is 21.1. The van der Waals surface area contributed by atoms with Crippen molar-refractivity contribution in [3.8, 4) is 22.3 Å². The molecule has 0 spiro atoms. The van der Waals surface area contributed by atoms with Gasteiger partial charge in [-0.25, -0.2) is 22.0 Å². The molecule has 0 aromatic heterocycles. The van der Waals surface area contributed by atoms with Gasteiger partial charge in [-0.05, 0) is 61.8 Å². The van der Waals surface area contributed by atoms with Crippen LogP contribution in [0.1, 0.15) is 50.7 Å². The minimum absolute atomic E-state index is 0.0656. The Balaban J connectivity index is 1.51. The van der Waals surface area contributed by atoms with Crippen LogP contribution in [0.25, 0.3) is 22.3 Å². The summed E-state index contributed by atoms with van der Waals surface area (Å²) in [4.78, 5) is 0. The summed E-state index contributed by atoms with van der Waals surface area (Å²) in [7, 11) is 0. The topological polar surface area (TPSA) is 18.5 Å². The van der Waals surface area contributed by atoms with Crippen molar-refractivity contribution < 1.29 is 31.4 Å². The Kier molecular flexibility index (Phi) is 8.98. The normalized spacial score (nSPS) is 17.8. The molecule has 37 heavy (non-hydrogen) atoms. The minimum atomic E-state index is -1.32. The van der Waals surface area contributed by atoms with E-state index < -0.39 is 34.6 Å². The van der Waals surface area contributed by atoms with Crippen molar-refractivity contribution in [2.24, 2.45) is 0 Å². The number of hydrogen-bond acceptors (Lipinski definition) is 2. The lowest BCUT2D eigenvalue weighted by Gasteiger charge is -2.29. The lowest BCUT2D eigenvalue weighted by molar-refractivity contribution is -0.0843. The fourth-order valence-corrected chi connectivity index (χ4v) is 4.85. The summed E-state index contributed by atoms with van der Waals surface area (Å²) in [5, 5.41) is 0. The van der Waals surface area contributed by atoms with Crippen molar-refractivity contribution >= 4 is 0 Å². The highest BCUT2D eigenvalue weighted by molar-refractivity contribution is 5.72. The Morgan fingerprint density at radius 3 is 2.05 bits per heavy atom. The molecule has 198 valence electrons. The molecule has 7 heteroatoms. The second-order valence-electron chi connectivity index (χ2n) is 9.39. The SMILES string of the molecule is CCCc1ccc(-c2ccc(-c3ccc(CCC4CCC(OCC)CO4)c(F)c3F)c(F)c2F)cc1F. The molecule has 2 nitrogen and oxygen atoms in total. The van der Waals surface area contributed by atoms with Gasteiger partial charge < -0.3 is 9.47 Å². The van der Waals surface area contributed by atoms with Gasteiger partial charge in [-0.15, -0.1) is 0 Å². The number of halogens is 5. The highest BCUT2D eigenvalue weighted by Crippen LogP contribution is 2.35. The number of aryl methyl sites for hydroxylation is 2. The molecule has 1 fully saturated rings. The summed E-state index contributed by atoms with van der Waals surface area (Å²) >= 11 is 0. The lowest BCUT2D eigenvalue weighted by Crippen LogP contribution is -2.31. The molecule has 1 heterocycles. The van der Waals surface area contributed by atoms with E-state index in [0.29, 0.717) is 31.6 Å². The van der Waals surface area contributed by atoms with Crippen molar-refractivity contribution in [1.82, 2.24) is 0 Å². The van der Waals surface area contributed by atoms with Gasteiger partial charge in [0.2, 0.25) is 0 Å². The molecule has 1 aliphatic heterocycles. The molecule has 0 N–H and O–H groups in total. The number of rotatable bonds is 9. The van der Waals surface area contributed by atoms with E-state index in [0.717, 1.165) is 25.3 Å². The minimum Gasteiger partial charge on any atom is -0.376 e. The lowest BCUT2D eigenvalue weighted by atomic mass is 9.95. The van der Waals surface area contributed by atoms with Crippen LogP contribution in [0.4, 0.5) is 22.0 Å². The third-order valence-corrected chi connectivity index (χ3v) is 6.88. The maximum absolute atomic E-state index is 15.0. The van der Waals surface area contributed by atoms with E-state index in [1.165, 1.54) is 30.3 Å². The molecule has 0 amide bonds. The molecule has 1 saturated heterocycles. The maximum atomic E-state index is 15.0. The van der Waals surface area contributed by atoms with Gasteiger partial charge in [-0.3, -0.25) is 0 Å². The van der Waals surface area contributed by atoms with Crippen LogP contribution in [0, 0.1) is 29.1 Å². The van der Waals surface area contributed by atoms with E-state index in [9.17, 15) is 17.6 Å². The highest BCUT2D eigenvalue weighted by Gasteiger charge is 2.24. The monoisotopic (exact) mass is 518 g/mol. The van der Waals surface area contributed by atoms with E-state index in [-0.39, 0.29) is 40.9 Å². The zero-order chi connectivity index (χ0) is 26.5. The van der Waals surface area contributed by atoms with Gasteiger partial charge in [-0.1, -0.05) is 49.7 Å². The van der Waals surface area contributed by atoms with E-state index in [2.05, 4.69) is 0 Å². The van der Waals surface area contributed by atoms with Crippen LogP contribution in [-0.4, -0.2) is 25.4 Å². The molecule has 3 aromatic carbocycles. The van der Waals surface area contributed by atoms with Gasteiger partial charge in [0.25, 0.3) is 0 Å². The molecule has 3 aromatic rings. The van der Waals surface area contributed by atoms with E-state index >= 15 is 4.39 Å². The number of benzene rings is 3. The first kappa shape index (κ1) is 27.3. The van der Waals surface area contributed by atoms with Crippen LogP contribution in [0.5, 0.6) is 0 Å². The Hall–Kier alpha value is -2.77. The summed E-state index contributed by atoms with van der Waals surface area (Å²) in [5.41, 5.74) is -0.116. The second kappa shape index (κ2) is 12.2. The molecular weight excluding hydrogens is 487 g/mol. The second-order valence-corrected chi connectivity index (χ2v) is 9.39. The Morgan fingerprint density at radius 2 is 1.41 bits per heavy atom. The first-order valence-corrected chi connectivity index (χ1v) is 12.8. The molecule has 4 rings (SSSR count). The highest BCUT2D eigenvalue weighted by atomic mass is 19.2. The van der Waals surface area contributed by atoms with E-state index in [1.807, 2.05) is 13.8 Å². The molecule has 1 aliphatic rings. The smallest absolute Gasteiger partial charge is 0.167 e. The third kappa shape index (κ3) is 6.04. The molecule has 0 bridgehead atoms. The van der Waals surface area contributed by atoms with Crippen LogP contribution in [0.2, 0.25) is 0 Å². The van der Waals surface area contributed by atoms with Crippen molar-refractivity contribution in [1.29, 1.82) is 0 Å². The van der Waals surface area contributed by atoms with Crippen LogP contribution < -0.4 is 0 Å². The Labute approximate surface area is 214 Å². The van der Waals surface area contributed by atoms with E-state index in [4.69, 9.17) is 9.47 Å². The van der Waals surface area contributed by atoms with Crippen molar-refractivity contribution in [3.63, 3.8) is 0 Å². The van der Waals surface area contributed by atoms with E-state index in [1.54, 1.807) is 6.07 Å². The third-order valence-electron chi connectivity index (χ3n) is 6.88. The average molecular weight is 519 g/mol. The maximum Gasteiger partial charge on any atom is 0.167 e. The molecule has 2 atom stereocenters. The van der Waals surface area contributed by atoms with Crippen LogP contribution in [0.3, 0.4) is 0 Å². The summed E-state index contributed by atoms with van der Waals surface area (Å²) in [6.45, 7) is 4.94. The molecule has 0 aliphatic carbocycles. The molecule has 0 radical (unpaired) electrons. The summed E-state index contributed by atoms with van der Waals surface area (Å²) in [6, 6.07) is 9.32. The fourth-order valence-electron chi connectivity index (χ4n) is 4.85. The van der Waals surface area contributed by atoms with Crippen molar-refractivity contribution in [2.45, 2.75) is 64.6 Å². The average Bonchev–Trinajstić information content (AvgIpc) is 2.89. The van der Waals surface area contributed by atoms with Gasteiger partial charge in [0, 0.05) is 23.3 Å². The predicted octanol–water partition coefficient (Wildman–Crippen LogP) is 8.19. The number of ether oxygens (including phenoxy) is 2. The van der Waals surface area contributed by atoms with Crippen LogP contribution in [0.15, 0.2) is 42.5 Å². The van der Waals surface area contributed by atoms with Crippen LogP contribution >= 0.6 is 0 Å². The van der Waals surface area contributed by atoms with Crippen molar-refractivity contribution in [3.05, 3.63) is 82.7 Å². The largest absolute Gasteiger partial charge is 0.376 e. The molecule has 0 saturated carbocycles. The van der Waals surface area contributed by atoms with Gasteiger partial charge in [-0.2, -0.15) is 0 Å². The van der Waals surface area contributed by atoms with Gasteiger partial charge in [0.15, 0.2) is 23.3 Å². The Bertz CT molecular complexity index is 1240. The fraction of sp³-hybridized carbons (Fsp3) is 0.400. The zero-order valence-electron chi connectivity index (χ0n) is 21.1. The summed E-state index contributed by atoms with van der Waals surface area (Å²) in [6.07, 6.45) is 3.67. The van der Waals surface area contributed by atoms with Gasteiger partial charge in [0.1, 0.15) is 5.82 Å². The van der Waals surface area contributed by atoms with Gasteiger partial charge >= 0.3 is 0 Å². The first-order chi connectivity index (χ1) is 17.8. The first-order valence-electron chi connectivity index (χ1n) is 12.8. The van der Waals surface area contributed by atoms with Gasteiger partial charge in [0.05, 0.1) is 18.8 Å². The number of hydrogen-bond donors (Lipinski definition) is 0. The van der Waals surface area contributed by atoms with Crippen LogP contribution in [-0.2, 0) is 22.3 Å². The molecule has 2 unspecified atom stereocenters. The standard InChI is InChI=1S/C30H31F5O2/c1-3-5-18-6-7-20(16-26(18)31)23-14-15-25(30(35)28(23)33)24-13-9-19(27(32)29(24)34)8-10-21-11-12-22(17-37-21)36-4-2/h6-7,9,13-16,21-22H,3-5,8,10-12,17H2,1-2H3. The summed E-state index contributed by atoms with van der Waals surface area (Å²) in [5.74, 6) is -5.39. The Morgan fingerprint density at radius 1 is 0.757 bits per heavy atom. The predicted molar refractivity (Wildman–Crippen MR) is 134 cm³/mol. The molecular formula is C30H31F5O2. The summed E-state index contributed by atoms with van der Waals surface area (Å²) < 4.78 is 85.6. The van der Waals surface area contributed by atoms with Crippen molar-refractivity contribution in [2.75, 3.05) is 13.2 Å². The quantitative estimate of drug-likeness (QED) is 0.266.